The molecule has 3 heteroatoms. The summed E-state index contributed by atoms with van der Waals surface area (Å²) in [7, 11) is 0. The van der Waals surface area contributed by atoms with Crippen molar-refractivity contribution < 1.29 is 9.53 Å². The van der Waals surface area contributed by atoms with E-state index in [-0.39, 0.29) is 5.48 Å². The van der Waals surface area contributed by atoms with Crippen molar-refractivity contribution in [2.75, 3.05) is 6.61 Å². The maximum absolute atomic E-state index is 10.9. The Morgan fingerprint density at radius 1 is 1.67 bits per heavy atom. The molecule has 48 valence electrons. The van der Waals surface area contributed by atoms with Crippen molar-refractivity contribution in [2.45, 2.75) is 20.3 Å². The predicted molar refractivity (Wildman–Crippen MR) is 36.4 cm³/mol. The molecule has 0 saturated carbocycles. The molecular formula is C6H11KO2. The summed E-state index contributed by atoms with van der Waals surface area (Å²) < 4.78 is 4.65. The van der Waals surface area contributed by atoms with Crippen LogP contribution < -0.4 is 0 Å². The van der Waals surface area contributed by atoms with Gasteiger partial charge >= 0.3 is 91.3 Å². The third kappa shape index (κ3) is 4.50. The first-order valence-electron chi connectivity index (χ1n) is 3.15. The standard InChI is InChI=1S/C6H11O2.K/c1-4-8-6(7)5(2)3;/h4H2,1-3H3;. The van der Waals surface area contributed by atoms with Gasteiger partial charge in [-0.1, -0.05) is 0 Å². The Morgan fingerprint density at radius 3 is 2.22 bits per heavy atom. The summed E-state index contributed by atoms with van der Waals surface area (Å²) in [6, 6.07) is 0. The van der Waals surface area contributed by atoms with Gasteiger partial charge in [0.15, 0.2) is 0 Å². The summed E-state index contributed by atoms with van der Waals surface area (Å²) in [4.78, 5) is 10.9. The second-order valence-electron chi connectivity index (χ2n) is 2.97. The summed E-state index contributed by atoms with van der Waals surface area (Å²) in [5.41, 5.74) is 0. The number of carbonyl (C=O) groups is 1. The minimum absolute atomic E-state index is 0.0509. The Hall–Kier alpha value is 1.11. The van der Waals surface area contributed by atoms with E-state index in [9.17, 15) is 4.79 Å². The molecule has 0 spiro atoms. The van der Waals surface area contributed by atoms with Gasteiger partial charge in [-0.3, -0.25) is 0 Å². The van der Waals surface area contributed by atoms with Gasteiger partial charge in [0.25, 0.3) is 0 Å². The summed E-state index contributed by atoms with van der Waals surface area (Å²) in [6.45, 7) is 6.17. The molecule has 0 aliphatic rings. The van der Waals surface area contributed by atoms with Crippen molar-refractivity contribution >= 4 is 54.9 Å². The number of rotatable bonds is 2. The van der Waals surface area contributed by atoms with Gasteiger partial charge in [0.05, 0.1) is 0 Å². The van der Waals surface area contributed by atoms with E-state index in [4.69, 9.17) is 4.74 Å². The first-order chi connectivity index (χ1) is 3.98. The number of hydrogen-bond acceptors (Lipinski definition) is 2. The van der Waals surface area contributed by atoms with Crippen molar-refractivity contribution in [1.82, 2.24) is 0 Å². The maximum atomic E-state index is 10.9. The molecule has 0 unspecified atom stereocenters. The molecule has 0 amide bonds. The molecule has 0 aromatic rings. The van der Waals surface area contributed by atoms with Crippen molar-refractivity contribution in [1.29, 1.82) is 0 Å². The van der Waals surface area contributed by atoms with Crippen LogP contribution in [0.25, 0.3) is 0 Å². The average Bonchev–Trinajstić information content (AvgIpc) is 1.64. The third-order valence-corrected chi connectivity index (χ3v) is 1.53. The summed E-state index contributed by atoms with van der Waals surface area (Å²) >= 11 is 0.506. The van der Waals surface area contributed by atoms with E-state index in [0.717, 1.165) is 0 Å². The van der Waals surface area contributed by atoms with E-state index >= 15 is 0 Å². The van der Waals surface area contributed by atoms with Crippen LogP contribution in [0, 0.1) is 0 Å². The zero-order chi connectivity index (χ0) is 7.49. The van der Waals surface area contributed by atoms with Crippen molar-refractivity contribution in [3.05, 3.63) is 0 Å². The van der Waals surface area contributed by atoms with Gasteiger partial charge in [-0.2, -0.15) is 0 Å². The molecule has 0 heterocycles. The van der Waals surface area contributed by atoms with Crippen LogP contribution in [0.1, 0.15) is 20.8 Å². The van der Waals surface area contributed by atoms with Gasteiger partial charge in [0.2, 0.25) is 0 Å². The van der Waals surface area contributed by atoms with Crippen LogP contribution >= 0.6 is 0 Å². The molecule has 0 saturated heterocycles. The quantitative estimate of drug-likeness (QED) is 0.436. The Kier molecular flexibility index (Phi) is 4.58. The normalized spacial score (nSPS) is 11.2. The summed E-state index contributed by atoms with van der Waals surface area (Å²) in [6.07, 6.45) is 0. The monoisotopic (exact) mass is 154 g/mol. The third-order valence-electron chi connectivity index (χ3n) is 0.888. The molecule has 2 nitrogen and oxygen atoms in total. The number of ether oxygens (including phenoxy) is 1. The molecule has 0 radical (unpaired) electrons. The van der Waals surface area contributed by atoms with Crippen LogP contribution in [0.15, 0.2) is 0 Å². The van der Waals surface area contributed by atoms with Gasteiger partial charge in [-0.15, -0.1) is 0 Å². The first kappa shape index (κ1) is 10.1. The van der Waals surface area contributed by atoms with Gasteiger partial charge < -0.3 is 0 Å². The van der Waals surface area contributed by atoms with E-state index in [1.165, 1.54) is 0 Å². The average molecular weight is 154 g/mol. The number of carbonyl (C=O) groups excluding carboxylic acids is 1. The molecule has 0 rings (SSSR count). The van der Waals surface area contributed by atoms with E-state index in [1.54, 1.807) is 0 Å². The van der Waals surface area contributed by atoms with Crippen LogP contribution in [0.5, 0.6) is 0 Å². The van der Waals surface area contributed by atoms with Crippen molar-refractivity contribution in [2.24, 2.45) is 0 Å². The summed E-state index contributed by atoms with van der Waals surface area (Å²) in [5, 5.41) is 0. The zero-order valence-electron chi connectivity index (χ0n) is 6.52. The Balaban J connectivity index is 3.74. The van der Waals surface area contributed by atoms with E-state index in [0.29, 0.717) is 55.6 Å². The fourth-order valence-corrected chi connectivity index (χ4v) is 0.573. The zero-order valence-corrected chi connectivity index (χ0v) is 9.65. The first-order valence-corrected chi connectivity index (χ1v) is 4.72. The SMILES string of the molecule is CCOC(=O)[C](C)(C)[K]. The molecule has 0 fully saturated rings. The molecule has 0 N–H and O–H groups in total. The topological polar surface area (TPSA) is 26.3 Å². The van der Waals surface area contributed by atoms with E-state index in [1.807, 2.05) is 20.8 Å². The van der Waals surface area contributed by atoms with Gasteiger partial charge in [-0.25, -0.2) is 0 Å². The molecule has 9 heavy (non-hydrogen) atoms. The fourth-order valence-electron chi connectivity index (χ4n) is 0.348. The van der Waals surface area contributed by atoms with Crippen LogP contribution in [-0.2, 0) is 9.53 Å². The molecule has 0 bridgehead atoms. The van der Waals surface area contributed by atoms with Gasteiger partial charge in [-0.05, 0) is 0 Å². The number of esters is 1. The summed E-state index contributed by atoms with van der Waals surface area (Å²) in [5.74, 6) is -0.0509. The van der Waals surface area contributed by atoms with Crippen LogP contribution in [-0.4, -0.2) is 61.5 Å². The predicted octanol–water partition coefficient (Wildman–Crippen LogP) is 0.916. The minimum atomic E-state index is -0.164. The molecule has 0 aliphatic carbocycles. The second-order valence-corrected chi connectivity index (χ2v) is 6.87. The molecule has 0 aliphatic heterocycles. The fraction of sp³-hybridized carbons (Fsp3) is 0.833. The molecule has 0 atom stereocenters. The van der Waals surface area contributed by atoms with Gasteiger partial charge in [0, 0.05) is 0 Å². The van der Waals surface area contributed by atoms with Crippen molar-refractivity contribution in [3.63, 3.8) is 0 Å². The van der Waals surface area contributed by atoms with Gasteiger partial charge in [0.1, 0.15) is 0 Å². The molecule has 0 aromatic heterocycles. The number of hydrogen-bond donors (Lipinski definition) is 0. The Morgan fingerprint density at radius 2 is 2.11 bits per heavy atom. The van der Waals surface area contributed by atoms with E-state index in [2.05, 4.69) is 0 Å². The van der Waals surface area contributed by atoms with Crippen molar-refractivity contribution in [3.8, 4) is 0 Å². The van der Waals surface area contributed by atoms with E-state index < -0.39 is 0 Å². The van der Waals surface area contributed by atoms with Crippen LogP contribution in [0.3, 0.4) is 0 Å². The molecule has 0 aromatic carbocycles. The Bertz CT molecular complexity index is 104. The van der Waals surface area contributed by atoms with Crippen LogP contribution in [0.2, 0.25) is -0.490 Å². The van der Waals surface area contributed by atoms with Crippen LogP contribution in [0.4, 0.5) is 0 Å². The molecular weight excluding hydrogens is 143 g/mol. The second kappa shape index (κ2) is 4.08. The Labute approximate surface area is 89.9 Å².